The summed E-state index contributed by atoms with van der Waals surface area (Å²) in [7, 11) is 1.24. The van der Waals surface area contributed by atoms with Gasteiger partial charge in [0.05, 0.1) is 35.2 Å². The number of piperazine rings is 1. The smallest absolute Gasteiger partial charge is 0.337 e. The van der Waals surface area contributed by atoms with E-state index in [4.69, 9.17) is 10.5 Å². The molecule has 11 heteroatoms. The highest BCUT2D eigenvalue weighted by Crippen LogP contribution is 2.31. The second-order valence-corrected chi connectivity index (χ2v) is 8.62. The summed E-state index contributed by atoms with van der Waals surface area (Å²) in [5.74, 6) is -2.31. The molecule has 3 N–H and O–H groups in total. The van der Waals surface area contributed by atoms with E-state index in [2.05, 4.69) is 5.32 Å². The number of nitrogens with zero attached hydrogens (tertiary/aromatic N) is 3. The quantitative estimate of drug-likeness (QED) is 0.399. The van der Waals surface area contributed by atoms with Gasteiger partial charge in [-0.3, -0.25) is 29.1 Å². The number of benzene rings is 2. The molecule has 0 radical (unpaired) electrons. The molecule has 1 aromatic heterocycles. The standard InChI is InChI=1S/C26H23N5O6/c1-37-26(36)16-7-8-18(29-9-11-30(12-10-29)25(35)15-5-3-2-4-6-15)19(13-16)31-20(32)14-17-21(22(31)27)24(34)28-23(17)33/h2-8,13-14H,9-12,27H2,1H3,(H,28,33,34). The van der Waals surface area contributed by atoms with Crippen molar-refractivity contribution >= 4 is 35.2 Å². The zero-order valence-corrected chi connectivity index (χ0v) is 19.9. The summed E-state index contributed by atoms with van der Waals surface area (Å²) in [6, 6.07) is 14.7. The van der Waals surface area contributed by atoms with Gasteiger partial charge < -0.3 is 20.3 Å². The Morgan fingerprint density at radius 3 is 2.24 bits per heavy atom. The molecule has 0 aliphatic carbocycles. The number of ether oxygens (including phenoxy) is 1. The highest BCUT2D eigenvalue weighted by molar-refractivity contribution is 6.23. The molecule has 1 fully saturated rings. The van der Waals surface area contributed by atoms with Gasteiger partial charge in [0.1, 0.15) is 5.82 Å². The van der Waals surface area contributed by atoms with Crippen molar-refractivity contribution in [1.29, 1.82) is 0 Å². The molecule has 2 aliphatic rings. The van der Waals surface area contributed by atoms with Gasteiger partial charge in [-0.05, 0) is 30.3 Å². The first-order valence-corrected chi connectivity index (χ1v) is 11.5. The highest BCUT2D eigenvalue weighted by atomic mass is 16.5. The summed E-state index contributed by atoms with van der Waals surface area (Å²) < 4.78 is 5.95. The van der Waals surface area contributed by atoms with Crippen LogP contribution in [-0.4, -0.2) is 66.4 Å². The van der Waals surface area contributed by atoms with Crippen molar-refractivity contribution in [2.24, 2.45) is 0 Å². The van der Waals surface area contributed by atoms with Crippen molar-refractivity contribution in [3.05, 3.63) is 87.2 Å². The summed E-state index contributed by atoms with van der Waals surface area (Å²) in [5.41, 5.74) is 7.03. The number of rotatable bonds is 4. The van der Waals surface area contributed by atoms with E-state index in [9.17, 15) is 24.0 Å². The lowest BCUT2D eigenvalue weighted by Gasteiger charge is -2.37. The molecule has 1 saturated heterocycles. The summed E-state index contributed by atoms with van der Waals surface area (Å²) in [6.45, 7) is 1.75. The van der Waals surface area contributed by atoms with Crippen LogP contribution in [0.3, 0.4) is 0 Å². The fourth-order valence-corrected chi connectivity index (χ4v) is 4.66. The average Bonchev–Trinajstić information content (AvgIpc) is 3.21. The molecule has 3 amide bonds. The van der Waals surface area contributed by atoms with E-state index in [1.807, 2.05) is 23.1 Å². The molecule has 11 nitrogen and oxygen atoms in total. The van der Waals surface area contributed by atoms with Crippen LogP contribution in [0, 0.1) is 0 Å². The van der Waals surface area contributed by atoms with Crippen LogP contribution in [0.1, 0.15) is 41.4 Å². The Morgan fingerprint density at radius 2 is 1.57 bits per heavy atom. The predicted octanol–water partition coefficient (Wildman–Crippen LogP) is 1.05. The van der Waals surface area contributed by atoms with Crippen molar-refractivity contribution < 1.29 is 23.9 Å². The van der Waals surface area contributed by atoms with Crippen LogP contribution in [0.25, 0.3) is 5.69 Å². The maximum atomic E-state index is 13.1. The number of imide groups is 1. The third-order valence-electron chi connectivity index (χ3n) is 6.52. The molecule has 2 aromatic carbocycles. The number of nitrogens with one attached hydrogen (secondary N) is 1. The summed E-state index contributed by atoms with van der Waals surface area (Å²) in [6.07, 6.45) is 0. The van der Waals surface area contributed by atoms with Gasteiger partial charge in [0.25, 0.3) is 23.3 Å². The second kappa shape index (κ2) is 9.26. The molecule has 5 rings (SSSR count). The van der Waals surface area contributed by atoms with Gasteiger partial charge >= 0.3 is 5.97 Å². The topological polar surface area (TPSA) is 144 Å². The molecule has 3 aromatic rings. The van der Waals surface area contributed by atoms with E-state index in [1.54, 1.807) is 29.2 Å². The summed E-state index contributed by atoms with van der Waals surface area (Å²) in [4.78, 5) is 66.5. The number of carbonyl (C=O) groups excluding carboxylic acids is 4. The van der Waals surface area contributed by atoms with Crippen LogP contribution in [-0.2, 0) is 4.74 Å². The molecule has 0 unspecified atom stereocenters. The SMILES string of the molecule is COC(=O)c1ccc(N2CCN(C(=O)c3ccccc3)CC2)c(-n2c(N)c3c(cc2=O)C(=O)NC3=O)c1. The largest absolute Gasteiger partial charge is 0.465 e. The number of fused-ring (bicyclic) bond motifs is 1. The molecule has 188 valence electrons. The Labute approximate surface area is 211 Å². The Kier molecular flexibility index (Phi) is 5.96. The molecular weight excluding hydrogens is 478 g/mol. The van der Waals surface area contributed by atoms with Crippen molar-refractivity contribution in [3.63, 3.8) is 0 Å². The van der Waals surface area contributed by atoms with Gasteiger partial charge in [-0.15, -0.1) is 0 Å². The van der Waals surface area contributed by atoms with Gasteiger partial charge in [-0.1, -0.05) is 18.2 Å². The van der Waals surface area contributed by atoms with Crippen molar-refractivity contribution in [1.82, 2.24) is 14.8 Å². The Bertz CT molecular complexity index is 1510. The Balaban J connectivity index is 1.54. The highest BCUT2D eigenvalue weighted by Gasteiger charge is 2.33. The van der Waals surface area contributed by atoms with Crippen LogP contribution >= 0.6 is 0 Å². The van der Waals surface area contributed by atoms with Crippen molar-refractivity contribution in [2.75, 3.05) is 43.9 Å². The lowest BCUT2D eigenvalue weighted by molar-refractivity contribution is 0.0599. The molecule has 2 aliphatic heterocycles. The van der Waals surface area contributed by atoms with Gasteiger partial charge in [0.2, 0.25) is 0 Å². The van der Waals surface area contributed by atoms with Gasteiger partial charge in [0, 0.05) is 37.8 Å². The Hall–Kier alpha value is -4.93. The molecule has 3 heterocycles. The second-order valence-electron chi connectivity index (χ2n) is 8.62. The van der Waals surface area contributed by atoms with Crippen molar-refractivity contribution in [2.45, 2.75) is 0 Å². The predicted molar refractivity (Wildman–Crippen MR) is 134 cm³/mol. The van der Waals surface area contributed by atoms with Crippen LogP contribution in [0.5, 0.6) is 0 Å². The monoisotopic (exact) mass is 501 g/mol. The average molecular weight is 501 g/mol. The van der Waals surface area contributed by atoms with Gasteiger partial charge in [-0.25, -0.2) is 4.79 Å². The van der Waals surface area contributed by atoms with E-state index in [0.717, 1.165) is 10.6 Å². The minimum absolute atomic E-state index is 0.0729. The van der Waals surface area contributed by atoms with Crippen LogP contribution in [0.2, 0.25) is 0 Å². The third kappa shape index (κ3) is 4.10. The number of anilines is 2. The lowest BCUT2D eigenvalue weighted by atomic mass is 10.1. The van der Waals surface area contributed by atoms with Gasteiger partial charge in [-0.2, -0.15) is 0 Å². The van der Waals surface area contributed by atoms with Crippen LogP contribution in [0.15, 0.2) is 59.4 Å². The third-order valence-corrected chi connectivity index (χ3v) is 6.52. The molecule has 0 bridgehead atoms. The Morgan fingerprint density at radius 1 is 0.865 bits per heavy atom. The first kappa shape index (κ1) is 23.8. The zero-order valence-electron chi connectivity index (χ0n) is 19.9. The molecule has 0 spiro atoms. The molecule has 0 saturated carbocycles. The zero-order chi connectivity index (χ0) is 26.3. The minimum atomic E-state index is -0.704. The number of hydrogen-bond donors (Lipinski definition) is 2. The summed E-state index contributed by atoms with van der Waals surface area (Å²) in [5, 5.41) is 2.14. The van der Waals surface area contributed by atoms with Crippen LogP contribution < -0.4 is 21.5 Å². The number of esters is 1. The van der Waals surface area contributed by atoms with Crippen molar-refractivity contribution in [3.8, 4) is 5.69 Å². The van der Waals surface area contributed by atoms with E-state index in [-0.39, 0.29) is 34.1 Å². The maximum absolute atomic E-state index is 13.1. The lowest BCUT2D eigenvalue weighted by Crippen LogP contribution is -2.49. The molecule has 0 atom stereocenters. The number of nitrogen functional groups attached to an aromatic ring is 1. The van der Waals surface area contributed by atoms with Crippen LogP contribution in [0.4, 0.5) is 11.5 Å². The minimum Gasteiger partial charge on any atom is -0.465 e. The number of pyridine rings is 1. The number of hydrogen-bond acceptors (Lipinski definition) is 8. The van der Waals surface area contributed by atoms with E-state index >= 15 is 0 Å². The molecule has 37 heavy (non-hydrogen) atoms. The number of carbonyl (C=O) groups is 4. The van der Waals surface area contributed by atoms with Gasteiger partial charge in [0.15, 0.2) is 0 Å². The summed E-state index contributed by atoms with van der Waals surface area (Å²) >= 11 is 0. The fraction of sp³-hybridized carbons (Fsp3) is 0.192. The number of nitrogens with two attached hydrogens (primary N) is 1. The first-order chi connectivity index (χ1) is 17.8. The normalized spacial score (nSPS) is 14.8. The van der Waals surface area contributed by atoms with E-state index in [0.29, 0.717) is 37.4 Å². The van der Waals surface area contributed by atoms with E-state index < -0.39 is 23.3 Å². The molecular formula is C26H23N5O6. The maximum Gasteiger partial charge on any atom is 0.337 e. The number of amides is 3. The van der Waals surface area contributed by atoms with E-state index in [1.165, 1.54) is 13.2 Å². The first-order valence-electron chi connectivity index (χ1n) is 11.5. The number of aromatic nitrogens is 1. The number of methoxy groups -OCH3 is 1. The fourth-order valence-electron chi connectivity index (χ4n) is 4.66.